The highest BCUT2D eigenvalue weighted by atomic mass is 19.1. The van der Waals surface area contributed by atoms with Gasteiger partial charge in [-0.25, -0.2) is 4.39 Å². The maximum absolute atomic E-state index is 12.9. The fourth-order valence-corrected chi connectivity index (χ4v) is 2.77. The number of nitrogens with one attached hydrogen (secondary N) is 1. The molecule has 0 heterocycles. The second-order valence-corrected chi connectivity index (χ2v) is 8.42. The molecule has 0 saturated heterocycles. The first-order valence-electron chi connectivity index (χ1n) is 11.3. The van der Waals surface area contributed by atoms with Gasteiger partial charge in [0.2, 0.25) is 0 Å². The van der Waals surface area contributed by atoms with Crippen LogP contribution in [0.3, 0.4) is 0 Å². The summed E-state index contributed by atoms with van der Waals surface area (Å²) in [6.45, 7) is 6.01. The van der Waals surface area contributed by atoms with Crippen molar-refractivity contribution in [2.45, 2.75) is 27.2 Å². The molecule has 1 amide bonds. The topological polar surface area (TPSA) is 89.3 Å². The van der Waals surface area contributed by atoms with Gasteiger partial charge in [0, 0.05) is 11.3 Å². The molecule has 3 aromatic carbocycles. The molecule has 8 heteroatoms. The Balaban J connectivity index is 1.46. The number of halogens is 1. The van der Waals surface area contributed by atoms with E-state index in [1.165, 1.54) is 24.3 Å². The van der Waals surface area contributed by atoms with Crippen LogP contribution >= 0.6 is 0 Å². The number of hydrogen-bond donors (Lipinski definition) is 1. The number of carbonyl (C=O) groups is 2. The fourth-order valence-electron chi connectivity index (χ4n) is 2.77. The molecule has 0 aliphatic rings. The van der Waals surface area contributed by atoms with Crippen LogP contribution in [-0.4, -0.2) is 25.1 Å². The number of nitrogens with zero attached hydrogens (tertiary/aromatic N) is 2. The van der Waals surface area contributed by atoms with Crippen molar-refractivity contribution in [3.63, 3.8) is 0 Å². The molecule has 0 aliphatic carbocycles. The maximum Gasteiger partial charge on any atom is 0.311 e. The van der Waals surface area contributed by atoms with Crippen LogP contribution in [-0.2, 0) is 9.53 Å². The van der Waals surface area contributed by atoms with Crippen molar-refractivity contribution in [1.29, 1.82) is 0 Å². The lowest BCUT2D eigenvalue weighted by Crippen LogP contribution is -2.27. The van der Waals surface area contributed by atoms with Crippen LogP contribution in [0.5, 0.6) is 5.75 Å². The van der Waals surface area contributed by atoms with E-state index in [4.69, 9.17) is 9.47 Å². The van der Waals surface area contributed by atoms with E-state index >= 15 is 0 Å². The van der Waals surface area contributed by atoms with E-state index in [2.05, 4.69) is 15.5 Å². The summed E-state index contributed by atoms with van der Waals surface area (Å²) >= 11 is 0. The van der Waals surface area contributed by atoms with Gasteiger partial charge in [0.1, 0.15) is 24.8 Å². The number of anilines is 1. The SMILES string of the molecule is CCC(C)(C)C(=O)OCCOc1ccc(C(=O)Nc2ccc(/N=N/c3ccc(F)cc3)cc2)cc1. The van der Waals surface area contributed by atoms with Crippen LogP contribution in [0.2, 0.25) is 0 Å². The summed E-state index contributed by atoms with van der Waals surface area (Å²) in [5.41, 5.74) is 1.69. The van der Waals surface area contributed by atoms with Gasteiger partial charge < -0.3 is 14.8 Å². The van der Waals surface area contributed by atoms with Gasteiger partial charge in [-0.3, -0.25) is 9.59 Å². The molecule has 35 heavy (non-hydrogen) atoms. The second-order valence-electron chi connectivity index (χ2n) is 8.42. The molecular weight excluding hydrogens is 449 g/mol. The average Bonchev–Trinajstić information content (AvgIpc) is 2.87. The molecule has 0 saturated carbocycles. The Labute approximate surface area is 204 Å². The molecular formula is C27H28FN3O4. The quantitative estimate of drug-likeness (QED) is 0.196. The highest BCUT2D eigenvalue weighted by Crippen LogP contribution is 2.22. The molecule has 0 bridgehead atoms. The van der Waals surface area contributed by atoms with Gasteiger partial charge in [-0.15, -0.1) is 0 Å². The van der Waals surface area contributed by atoms with Crippen molar-refractivity contribution in [3.8, 4) is 5.75 Å². The summed E-state index contributed by atoms with van der Waals surface area (Å²) in [6, 6.07) is 19.3. The predicted molar refractivity (Wildman–Crippen MR) is 132 cm³/mol. The zero-order valence-corrected chi connectivity index (χ0v) is 20.0. The van der Waals surface area contributed by atoms with Gasteiger partial charge in [0.15, 0.2) is 0 Å². The van der Waals surface area contributed by atoms with E-state index in [-0.39, 0.29) is 30.9 Å². The van der Waals surface area contributed by atoms with Crippen LogP contribution in [0.1, 0.15) is 37.6 Å². The van der Waals surface area contributed by atoms with Crippen molar-refractivity contribution >= 4 is 28.9 Å². The number of benzene rings is 3. The molecule has 0 fully saturated rings. The van der Waals surface area contributed by atoms with Crippen LogP contribution in [0, 0.1) is 11.2 Å². The Hall–Kier alpha value is -4.07. The maximum atomic E-state index is 12.9. The van der Waals surface area contributed by atoms with Gasteiger partial charge in [-0.05, 0) is 93.1 Å². The van der Waals surface area contributed by atoms with E-state index in [9.17, 15) is 14.0 Å². The molecule has 0 atom stereocenters. The lowest BCUT2D eigenvalue weighted by molar-refractivity contribution is -0.154. The Morgan fingerprint density at radius 1 is 0.857 bits per heavy atom. The van der Waals surface area contributed by atoms with Crippen LogP contribution in [0.4, 0.5) is 21.5 Å². The lowest BCUT2D eigenvalue weighted by atomic mass is 9.91. The summed E-state index contributed by atoms with van der Waals surface area (Å²) in [5, 5.41) is 11.0. The number of esters is 1. The zero-order valence-electron chi connectivity index (χ0n) is 20.0. The predicted octanol–water partition coefficient (Wildman–Crippen LogP) is 6.85. The Morgan fingerprint density at radius 2 is 1.43 bits per heavy atom. The molecule has 0 aromatic heterocycles. The molecule has 3 aromatic rings. The van der Waals surface area contributed by atoms with Gasteiger partial charge in [0.05, 0.1) is 16.8 Å². The Kier molecular flexibility index (Phi) is 8.67. The minimum absolute atomic E-state index is 0.157. The molecule has 182 valence electrons. The minimum atomic E-state index is -0.510. The molecule has 0 radical (unpaired) electrons. The highest BCUT2D eigenvalue weighted by molar-refractivity contribution is 6.04. The van der Waals surface area contributed by atoms with Gasteiger partial charge in [0.25, 0.3) is 5.91 Å². The Bertz CT molecular complexity index is 1160. The van der Waals surface area contributed by atoms with Gasteiger partial charge in [-0.1, -0.05) is 6.92 Å². The summed E-state index contributed by atoms with van der Waals surface area (Å²) in [6.07, 6.45) is 0.697. The fraction of sp³-hybridized carbons (Fsp3) is 0.259. The van der Waals surface area contributed by atoms with E-state index in [0.717, 1.165) is 0 Å². The summed E-state index contributed by atoms with van der Waals surface area (Å²) < 4.78 is 23.8. The zero-order chi connectivity index (χ0) is 25.3. The molecule has 7 nitrogen and oxygen atoms in total. The summed E-state index contributed by atoms with van der Waals surface area (Å²) in [7, 11) is 0. The van der Waals surface area contributed by atoms with Crippen molar-refractivity contribution in [3.05, 3.63) is 84.2 Å². The number of ether oxygens (including phenoxy) is 2. The smallest absolute Gasteiger partial charge is 0.311 e. The van der Waals surface area contributed by atoms with E-state index in [0.29, 0.717) is 34.8 Å². The van der Waals surface area contributed by atoms with Crippen molar-refractivity contribution < 1.29 is 23.5 Å². The minimum Gasteiger partial charge on any atom is -0.490 e. The van der Waals surface area contributed by atoms with Crippen LogP contribution < -0.4 is 10.1 Å². The first kappa shape index (κ1) is 25.6. The lowest BCUT2D eigenvalue weighted by Gasteiger charge is -2.20. The monoisotopic (exact) mass is 477 g/mol. The van der Waals surface area contributed by atoms with Crippen molar-refractivity contribution in [2.75, 3.05) is 18.5 Å². The number of azo groups is 1. The first-order valence-corrected chi connectivity index (χ1v) is 11.3. The van der Waals surface area contributed by atoms with Crippen LogP contribution in [0.25, 0.3) is 0 Å². The molecule has 0 spiro atoms. The third kappa shape index (κ3) is 7.74. The number of amides is 1. The standard InChI is InChI=1S/C27H28FN3O4/c1-4-27(2,3)26(33)35-18-17-34-24-15-5-19(6-16-24)25(32)29-21-11-13-23(14-12-21)31-30-22-9-7-20(28)8-10-22/h5-16H,4,17-18H2,1-3H3,(H,29,32)/b31-30+. The largest absolute Gasteiger partial charge is 0.490 e. The third-order valence-corrected chi connectivity index (χ3v) is 5.37. The van der Waals surface area contributed by atoms with Gasteiger partial charge in [-0.2, -0.15) is 10.2 Å². The second kappa shape index (κ2) is 11.9. The van der Waals surface area contributed by atoms with Crippen LogP contribution in [0.15, 0.2) is 83.0 Å². The molecule has 3 rings (SSSR count). The highest BCUT2D eigenvalue weighted by Gasteiger charge is 2.26. The van der Waals surface area contributed by atoms with E-state index in [1.807, 2.05) is 20.8 Å². The molecule has 0 unspecified atom stereocenters. The number of rotatable bonds is 10. The normalized spacial score (nSPS) is 11.3. The Morgan fingerprint density at radius 3 is 2.00 bits per heavy atom. The van der Waals surface area contributed by atoms with Crippen molar-refractivity contribution in [2.24, 2.45) is 15.6 Å². The van der Waals surface area contributed by atoms with E-state index in [1.54, 1.807) is 48.5 Å². The van der Waals surface area contributed by atoms with Gasteiger partial charge >= 0.3 is 5.97 Å². The van der Waals surface area contributed by atoms with E-state index < -0.39 is 5.41 Å². The number of carbonyl (C=O) groups excluding carboxylic acids is 2. The molecule has 0 aliphatic heterocycles. The number of hydrogen-bond acceptors (Lipinski definition) is 6. The average molecular weight is 478 g/mol. The first-order chi connectivity index (χ1) is 16.8. The third-order valence-electron chi connectivity index (χ3n) is 5.37. The van der Waals surface area contributed by atoms with Crippen molar-refractivity contribution in [1.82, 2.24) is 0 Å². The summed E-state index contributed by atoms with van der Waals surface area (Å²) in [4.78, 5) is 24.5. The molecule has 1 N–H and O–H groups in total. The summed E-state index contributed by atoms with van der Waals surface area (Å²) in [5.74, 6) is -0.281.